The Morgan fingerprint density at radius 2 is 2.12 bits per heavy atom. The third-order valence-electron chi connectivity index (χ3n) is 2.45. The Bertz CT molecular complexity index is 528. The van der Waals surface area contributed by atoms with Crippen molar-refractivity contribution in [2.75, 3.05) is 18.4 Å². The first-order chi connectivity index (χ1) is 8.22. The predicted molar refractivity (Wildman–Crippen MR) is 63.8 cm³/mol. The van der Waals surface area contributed by atoms with Crippen molar-refractivity contribution in [2.24, 2.45) is 5.73 Å². The molecule has 17 heavy (non-hydrogen) atoms. The highest BCUT2D eigenvalue weighted by atomic mass is 19.1. The molecule has 2 rings (SSSR count). The van der Waals surface area contributed by atoms with Gasteiger partial charge < -0.3 is 11.1 Å². The molecule has 0 amide bonds. The summed E-state index contributed by atoms with van der Waals surface area (Å²) in [5.41, 5.74) is 5.37. The average molecular weight is 237 g/mol. The van der Waals surface area contributed by atoms with Crippen LogP contribution in [0.3, 0.4) is 0 Å². The van der Waals surface area contributed by atoms with E-state index >= 15 is 0 Å². The lowest BCUT2D eigenvalue weighted by molar-refractivity contribution is 0.592. The van der Waals surface area contributed by atoms with Crippen molar-refractivity contribution in [3.8, 4) is 0 Å². The van der Waals surface area contributed by atoms with Crippen molar-refractivity contribution < 1.29 is 8.78 Å². The largest absolute Gasteiger partial charge is 0.369 e. The van der Waals surface area contributed by atoms with Crippen LogP contribution in [0.4, 0.5) is 14.6 Å². The number of halogens is 2. The number of fused-ring (bicyclic) bond motifs is 1. The summed E-state index contributed by atoms with van der Waals surface area (Å²) in [5, 5.41) is 3.80. The first-order valence-corrected chi connectivity index (χ1v) is 5.40. The van der Waals surface area contributed by atoms with Crippen LogP contribution in [0.5, 0.6) is 0 Å². The minimum absolute atomic E-state index is 0.311. The smallest absolute Gasteiger partial charge is 0.137 e. The Hall–Kier alpha value is -1.75. The molecule has 0 radical (unpaired) electrons. The number of benzene rings is 1. The fraction of sp³-hybridized carbons (Fsp3) is 0.250. The SMILES string of the molecule is NCCCNc1nccc2cc(F)cc(F)c12. The lowest BCUT2D eigenvalue weighted by Crippen LogP contribution is -2.09. The number of pyridine rings is 1. The first kappa shape index (κ1) is 11.7. The number of nitrogens with one attached hydrogen (secondary N) is 1. The molecule has 90 valence electrons. The fourth-order valence-corrected chi connectivity index (χ4v) is 1.67. The quantitative estimate of drug-likeness (QED) is 0.802. The molecule has 0 unspecified atom stereocenters. The molecule has 0 saturated carbocycles. The topological polar surface area (TPSA) is 50.9 Å². The molecule has 5 heteroatoms. The van der Waals surface area contributed by atoms with Gasteiger partial charge in [0.1, 0.15) is 17.5 Å². The lowest BCUT2D eigenvalue weighted by atomic mass is 10.1. The number of nitrogens with two attached hydrogens (primary N) is 1. The maximum atomic E-state index is 13.7. The zero-order chi connectivity index (χ0) is 12.3. The van der Waals surface area contributed by atoms with E-state index in [0.717, 1.165) is 12.5 Å². The summed E-state index contributed by atoms with van der Waals surface area (Å²) in [4.78, 5) is 4.05. The summed E-state index contributed by atoms with van der Waals surface area (Å²) >= 11 is 0. The summed E-state index contributed by atoms with van der Waals surface area (Å²) in [6.07, 6.45) is 2.28. The number of hydrogen-bond acceptors (Lipinski definition) is 3. The second kappa shape index (κ2) is 5.05. The van der Waals surface area contributed by atoms with E-state index in [2.05, 4.69) is 10.3 Å². The summed E-state index contributed by atoms with van der Waals surface area (Å²) in [5.74, 6) is -0.772. The molecule has 0 aliphatic heterocycles. The number of aromatic nitrogens is 1. The van der Waals surface area contributed by atoms with Crippen LogP contribution in [0.25, 0.3) is 10.8 Å². The standard InChI is InChI=1S/C12H13F2N3/c13-9-6-8-2-5-17-12(16-4-1-3-15)11(8)10(14)7-9/h2,5-7H,1,3-4,15H2,(H,16,17). The molecule has 1 heterocycles. The van der Waals surface area contributed by atoms with Crippen molar-refractivity contribution >= 4 is 16.6 Å². The van der Waals surface area contributed by atoms with Crippen LogP contribution in [-0.4, -0.2) is 18.1 Å². The molecule has 0 fully saturated rings. The van der Waals surface area contributed by atoms with Crippen LogP contribution < -0.4 is 11.1 Å². The molecule has 2 aromatic rings. The van der Waals surface area contributed by atoms with Crippen LogP contribution in [0, 0.1) is 11.6 Å². The summed E-state index contributed by atoms with van der Waals surface area (Å²) < 4.78 is 26.7. The van der Waals surface area contributed by atoms with Gasteiger partial charge in [0.05, 0.1) is 5.39 Å². The van der Waals surface area contributed by atoms with E-state index in [0.29, 0.717) is 29.7 Å². The number of nitrogens with zero attached hydrogens (tertiary/aromatic N) is 1. The van der Waals surface area contributed by atoms with Gasteiger partial charge >= 0.3 is 0 Å². The van der Waals surface area contributed by atoms with Gasteiger partial charge in [0.2, 0.25) is 0 Å². The number of rotatable bonds is 4. The highest BCUT2D eigenvalue weighted by molar-refractivity contribution is 5.92. The average Bonchev–Trinajstić information content (AvgIpc) is 2.28. The molecule has 0 saturated heterocycles. The number of hydrogen-bond donors (Lipinski definition) is 2. The van der Waals surface area contributed by atoms with Crippen molar-refractivity contribution in [3.05, 3.63) is 36.0 Å². The molecule has 3 N–H and O–H groups in total. The normalized spacial score (nSPS) is 10.8. The maximum Gasteiger partial charge on any atom is 0.137 e. The zero-order valence-corrected chi connectivity index (χ0v) is 9.21. The van der Waals surface area contributed by atoms with Crippen LogP contribution in [0.2, 0.25) is 0 Å². The Morgan fingerprint density at radius 3 is 2.88 bits per heavy atom. The van der Waals surface area contributed by atoms with Crippen LogP contribution in [-0.2, 0) is 0 Å². The Kier molecular flexibility index (Phi) is 3.49. The van der Waals surface area contributed by atoms with Crippen LogP contribution in [0.1, 0.15) is 6.42 Å². The van der Waals surface area contributed by atoms with E-state index in [9.17, 15) is 8.78 Å². The summed E-state index contributed by atoms with van der Waals surface area (Å²) in [6, 6.07) is 3.72. The van der Waals surface area contributed by atoms with E-state index in [1.165, 1.54) is 12.3 Å². The Balaban J connectivity index is 2.42. The molecule has 1 aromatic heterocycles. The second-order valence-electron chi connectivity index (χ2n) is 3.71. The fourth-order valence-electron chi connectivity index (χ4n) is 1.67. The molecule has 0 aliphatic rings. The minimum Gasteiger partial charge on any atom is -0.369 e. The third kappa shape index (κ3) is 2.50. The summed E-state index contributed by atoms with van der Waals surface area (Å²) in [6.45, 7) is 1.16. The van der Waals surface area contributed by atoms with Crippen LogP contribution >= 0.6 is 0 Å². The van der Waals surface area contributed by atoms with E-state index in [1.807, 2.05) is 0 Å². The first-order valence-electron chi connectivity index (χ1n) is 5.40. The van der Waals surface area contributed by atoms with Gasteiger partial charge in [0.25, 0.3) is 0 Å². The molecule has 0 atom stereocenters. The summed E-state index contributed by atoms with van der Waals surface area (Å²) in [7, 11) is 0. The second-order valence-corrected chi connectivity index (χ2v) is 3.71. The maximum absolute atomic E-state index is 13.7. The van der Waals surface area contributed by atoms with E-state index < -0.39 is 11.6 Å². The molecule has 0 spiro atoms. The predicted octanol–water partition coefficient (Wildman–Crippen LogP) is 2.27. The van der Waals surface area contributed by atoms with Crippen LogP contribution in [0.15, 0.2) is 24.4 Å². The van der Waals surface area contributed by atoms with E-state index in [-0.39, 0.29) is 0 Å². The third-order valence-corrected chi connectivity index (χ3v) is 2.45. The van der Waals surface area contributed by atoms with Crippen molar-refractivity contribution in [1.29, 1.82) is 0 Å². The van der Waals surface area contributed by atoms with Crippen molar-refractivity contribution in [2.45, 2.75) is 6.42 Å². The Morgan fingerprint density at radius 1 is 1.29 bits per heavy atom. The van der Waals surface area contributed by atoms with Gasteiger partial charge in [-0.25, -0.2) is 13.8 Å². The van der Waals surface area contributed by atoms with Crippen molar-refractivity contribution in [3.63, 3.8) is 0 Å². The molecule has 3 nitrogen and oxygen atoms in total. The van der Waals surface area contributed by atoms with Gasteiger partial charge in [-0.2, -0.15) is 0 Å². The molecule has 0 bridgehead atoms. The highest BCUT2D eigenvalue weighted by Crippen LogP contribution is 2.25. The number of anilines is 1. The molecular formula is C12H13F2N3. The van der Waals surface area contributed by atoms with Gasteiger partial charge in [0, 0.05) is 18.8 Å². The van der Waals surface area contributed by atoms with E-state index in [1.54, 1.807) is 6.07 Å². The van der Waals surface area contributed by atoms with Gasteiger partial charge in [0.15, 0.2) is 0 Å². The lowest BCUT2D eigenvalue weighted by Gasteiger charge is -2.08. The van der Waals surface area contributed by atoms with Gasteiger partial charge in [-0.3, -0.25) is 0 Å². The zero-order valence-electron chi connectivity index (χ0n) is 9.21. The monoisotopic (exact) mass is 237 g/mol. The molecule has 1 aromatic carbocycles. The van der Waals surface area contributed by atoms with Gasteiger partial charge in [-0.1, -0.05) is 0 Å². The molecular weight excluding hydrogens is 224 g/mol. The minimum atomic E-state index is -0.608. The van der Waals surface area contributed by atoms with Gasteiger partial charge in [-0.05, 0) is 30.5 Å². The Labute approximate surface area is 97.6 Å². The van der Waals surface area contributed by atoms with Crippen molar-refractivity contribution in [1.82, 2.24) is 4.98 Å². The van der Waals surface area contributed by atoms with Gasteiger partial charge in [-0.15, -0.1) is 0 Å². The van der Waals surface area contributed by atoms with E-state index in [4.69, 9.17) is 5.73 Å². The molecule has 0 aliphatic carbocycles. The highest BCUT2D eigenvalue weighted by Gasteiger charge is 2.09.